The van der Waals surface area contributed by atoms with Gasteiger partial charge in [-0.05, 0) is 33.4 Å². The number of pyridine rings is 2. The van der Waals surface area contributed by atoms with Crippen molar-refractivity contribution in [2.75, 3.05) is 24.5 Å². The lowest BCUT2D eigenvalue weighted by atomic mass is 10.1. The molecule has 2 aromatic heterocycles. The largest absolute Gasteiger partial charge is 0.477 e. The van der Waals surface area contributed by atoms with Gasteiger partial charge in [-0.25, -0.2) is 14.2 Å². The van der Waals surface area contributed by atoms with Crippen LogP contribution in [0.25, 0.3) is 11.0 Å². The number of nitrogens with two attached hydrogens (primary N) is 1. The average Bonchev–Trinajstić information content (AvgIpc) is 2.94. The molecule has 2 atom stereocenters. The zero-order valence-electron chi connectivity index (χ0n) is 15.4. The number of carboxylic acid groups (broad SMARTS) is 1. The molecule has 0 radical (unpaired) electrons. The molecule has 0 saturated carbocycles. The maximum atomic E-state index is 14.8. The second-order valence-electron chi connectivity index (χ2n) is 7.85. The molecule has 8 nitrogen and oxygen atoms in total. The van der Waals surface area contributed by atoms with Crippen LogP contribution in [0.5, 0.6) is 0 Å². The molecule has 2 aromatic rings. The van der Waals surface area contributed by atoms with Gasteiger partial charge < -0.3 is 25.4 Å². The van der Waals surface area contributed by atoms with Crippen LogP contribution in [0.1, 0.15) is 31.1 Å². The van der Waals surface area contributed by atoms with Crippen LogP contribution in [0.3, 0.4) is 0 Å². The summed E-state index contributed by atoms with van der Waals surface area (Å²) in [5, 5.41) is 19.3. The van der Waals surface area contributed by atoms with Crippen LogP contribution < -0.4 is 16.1 Å². The fraction of sp³-hybridized carbons (Fsp3) is 0.500. The molecule has 0 bridgehead atoms. The number of β-amino-alcohol motifs (C(OH)–C–C–N with tert-alkyl or cyclic N) is 1. The molecular formula is C18H23FN4O4. The third-order valence-corrected chi connectivity index (χ3v) is 4.87. The van der Waals surface area contributed by atoms with Crippen LogP contribution in [0.4, 0.5) is 10.2 Å². The summed E-state index contributed by atoms with van der Waals surface area (Å²) in [5.41, 5.74) is 4.02. The first kappa shape index (κ1) is 19.2. The summed E-state index contributed by atoms with van der Waals surface area (Å²) in [5.74, 6) is -2.30. The molecule has 146 valence electrons. The lowest BCUT2D eigenvalue weighted by Crippen LogP contribution is -2.30. The minimum atomic E-state index is -1.38. The van der Waals surface area contributed by atoms with Crippen LogP contribution in [-0.2, 0) is 5.54 Å². The summed E-state index contributed by atoms with van der Waals surface area (Å²) >= 11 is 0. The van der Waals surface area contributed by atoms with Gasteiger partial charge in [0.2, 0.25) is 5.43 Å². The third kappa shape index (κ3) is 3.28. The van der Waals surface area contributed by atoms with E-state index in [2.05, 4.69) is 4.98 Å². The fourth-order valence-electron chi connectivity index (χ4n) is 3.36. The maximum Gasteiger partial charge on any atom is 0.341 e. The van der Waals surface area contributed by atoms with Gasteiger partial charge in [0.15, 0.2) is 11.6 Å². The van der Waals surface area contributed by atoms with E-state index in [1.165, 1.54) is 6.20 Å². The van der Waals surface area contributed by atoms with Crippen molar-refractivity contribution in [2.45, 2.75) is 32.4 Å². The standard InChI is InChI=1S/C18H23FN4O4/c1-18(2,3)23-7-11(17(26)27)14(25)10-4-12(19)16(21-15(10)23)22-6-9(5-20)13(24)8-22/h4,7,9,13,24H,5-6,8,20H2,1-3H3,(H,26,27). The SMILES string of the molecule is CC(C)(C)n1cc(C(=O)O)c(=O)c2cc(F)c(N3CC(O)C(CN)C3)nc21. The van der Waals surface area contributed by atoms with Gasteiger partial charge in [-0.2, -0.15) is 0 Å². The average molecular weight is 378 g/mol. The van der Waals surface area contributed by atoms with Gasteiger partial charge in [0.1, 0.15) is 11.2 Å². The van der Waals surface area contributed by atoms with Crippen molar-refractivity contribution < 1.29 is 19.4 Å². The molecule has 1 fully saturated rings. The molecule has 4 N–H and O–H groups in total. The molecule has 1 saturated heterocycles. The molecular weight excluding hydrogens is 355 g/mol. The zero-order valence-corrected chi connectivity index (χ0v) is 15.4. The Balaban J connectivity index is 2.26. The van der Waals surface area contributed by atoms with Gasteiger partial charge in [-0.1, -0.05) is 0 Å². The Bertz CT molecular complexity index is 966. The lowest BCUT2D eigenvalue weighted by molar-refractivity contribution is 0.0694. The van der Waals surface area contributed by atoms with Crippen molar-refractivity contribution in [1.29, 1.82) is 0 Å². The Morgan fingerprint density at radius 2 is 2.07 bits per heavy atom. The summed E-state index contributed by atoms with van der Waals surface area (Å²) in [6.45, 7) is 6.29. The van der Waals surface area contributed by atoms with Gasteiger partial charge in [0.25, 0.3) is 0 Å². The highest BCUT2D eigenvalue weighted by molar-refractivity contribution is 5.92. The second kappa shape index (κ2) is 6.58. The number of aromatic nitrogens is 2. The van der Waals surface area contributed by atoms with Crippen LogP contribution in [0.15, 0.2) is 17.1 Å². The molecule has 3 heterocycles. The first-order valence-electron chi connectivity index (χ1n) is 8.67. The van der Waals surface area contributed by atoms with Gasteiger partial charge in [0, 0.05) is 30.7 Å². The lowest BCUT2D eigenvalue weighted by Gasteiger charge is -2.26. The van der Waals surface area contributed by atoms with Gasteiger partial charge in [0.05, 0.1) is 11.5 Å². The Labute approximate surface area is 155 Å². The van der Waals surface area contributed by atoms with E-state index in [4.69, 9.17) is 5.73 Å². The molecule has 0 amide bonds. The highest BCUT2D eigenvalue weighted by Gasteiger charge is 2.33. The van der Waals surface area contributed by atoms with Crippen molar-refractivity contribution in [3.05, 3.63) is 33.9 Å². The van der Waals surface area contributed by atoms with E-state index < -0.39 is 34.4 Å². The molecule has 9 heteroatoms. The molecule has 3 rings (SSSR count). The number of rotatable bonds is 3. The third-order valence-electron chi connectivity index (χ3n) is 4.87. The monoisotopic (exact) mass is 378 g/mol. The van der Waals surface area contributed by atoms with Crippen LogP contribution in [0.2, 0.25) is 0 Å². The van der Waals surface area contributed by atoms with Gasteiger partial charge in [-0.15, -0.1) is 0 Å². The number of fused-ring (bicyclic) bond motifs is 1. The topological polar surface area (TPSA) is 122 Å². The Morgan fingerprint density at radius 1 is 1.41 bits per heavy atom. The Kier molecular flexibility index (Phi) is 4.69. The Morgan fingerprint density at radius 3 is 2.59 bits per heavy atom. The maximum absolute atomic E-state index is 14.8. The fourth-order valence-corrected chi connectivity index (χ4v) is 3.36. The summed E-state index contributed by atoms with van der Waals surface area (Å²) in [6.07, 6.45) is 0.550. The van der Waals surface area contributed by atoms with Crippen molar-refractivity contribution in [1.82, 2.24) is 9.55 Å². The van der Waals surface area contributed by atoms with Crippen molar-refractivity contribution in [3.63, 3.8) is 0 Å². The van der Waals surface area contributed by atoms with E-state index in [1.807, 2.05) is 20.8 Å². The van der Waals surface area contributed by atoms with Gasteiger partial charge >= 0.3 is 5.97 Å². The highest BCUT2D eigenvalue weighted by atomic mass is 19.1. The summed E-state index contributed by atoms with van der Waals surface area (Å²) in [4.78, 5) is 29.9. The predicted octanol–water partition coefficient (Wildman–Crippen LogP) is 0.745. The van der Waals surface area contributed by atoms with E-state index in [9.17, 15) is 24.2 Å². The molecule has 0 aliphatic carbocycles. The van der Waals surface area contributed by atoms with Gasteiger partial charge in [-0.3, -0.25) is 4.79 Å². The summed E-state index contributed by atoms with van der Waals surface area (Å²) in [6, 6.07) is 1.02. The number of halogens is 1. The van der Waals surface area contributed by atoms with Crippen LogP contribution in [-0.4, -0.2) is 51.5 Å². The van der Waals surface area contributed by atoms with Crippen molar-refractivity contribution in [3.8, 4) is 0 Å². The number of carbonyl (C=O) groups is 1. The smallest absolute Gasteiger partial charge is 0.341 e. The molecule has 27 heavy (non-hydrogen) atoms. The molecule has 1 aliphatic heterocycles. The van der Waals surface area contributed by atoms with Crippen molar-refractivity contribution >= 4 is 22.8 Å². The number of aromatic carboxylic acids is 1. The molecule has 2 unspecified atom stereocenters. The predicted molar refractivity (Wildman–Crippen MR) is 98.7 cm³/mol. The van der Waals surface area contributed by atoms with E-state index in [1.54, 1.807) is 9.47 Å². The quantitative estimate of drug-likeness (QED) is 0.720. The second-order valence-corrected chi connectivity index (χ2v) is 7.85. The first-order chi connectivity index (χ1) is 12.5. The van der Waals surface area contributed by atoms with Crippen LogP contribution >= 0.6 is 0 Å². The molecule has 1 aliphatic rings. The zero-order chi connectivity index (χ0) is 20.1. The number of anilines is 1. The van der Waals surface area contributed by atoms with Crippen molar-refractivity contribution in [2.24, 2.45) is 11.7 Å². The summed E-state index contributed by atoms with van der Waals surface area (Å²) in [7, 11) is 0. The normalized spacial score (nSPS) is 20.4. The van der Waals surface area contributed by atoms with E-state index in [-0.39, 0.29) is 35.9 Å². The molecule has 0 spiro atoms. The minimum Gasteiger partial charge on any atom is -0.477 e. The number of hydrogen-bond acceptors (Lipinski definition) is 6. The molecule has 0 aromatic carbocycles. The minimum absolute atomic E-state index is 0.0120. The van der Waals surface area contributed by atoms with Crippen LogP contribution in [0, 0.1) is 11.7 Å². The first-order valence-corrected chi connectivity index (χ1v) is 8.67. The van der Waals surface area contributed by atoms with E-state index >= 15 is 0 Å². The number of hydrogen-bond donors (Lipinski definition) is 3. The number of nitrogens with zero attached hydrogens (tertiary/aromatic N) is 3. The number of carboxylic acids is 1. The number of aliphatic hydroxyl groups is 1. The highest BCUT2D eigenvalue weighted by Crippen LogP contribution is 2.28. The number of aliphatic hydroxyl groups excluding tert-OH is 1. The Hall–Kier alpha value is -2.52. The summed E-state index contributed by atoms with van der Waals surface area (Å²) < 4.78 is 16.3. The van der Waals surface area contributed by atoms with E-state index in [0.29, 0.717) is 6.54 Å². The van der Waals surface area contributed by atoms with E-state index in [0.717, 1.165) is 6.07 Å².